The van der Waals surface area contributed by atoms with Crippen molar-refractivity contribution in [1.82, 2.24) is 0 Å². The van der Waals surface area contributed by atoms with Crippen LogP contribution in [0.3, 0.4) is 0 Å². The Labute approximate surface area is 91.0 Å². The monoisotopic (exact) mass is 227 g/mol. The maximum atomic E-state index is 13.3. The predicted octanol–water partition coefficient (Wildman–Crippen LogP) is 2.34. The van der Waals surface area contributed by atoms with Crippen molar-refractivity contribution in [3.8, 4) is 5.75 Å². The minimum atomic E-state index is -0.849. The number of hydrogen-bond donors (Lipinski definition) is 0. The topological polar surface area (TPSA) is 69.4 Å². The van der Waals surface area contributed by atoms with Gasteiger partial charge in [0.2, 0.25) is 5.75 Å². The minimum absolute atomic E-state index is 0.0825. The zero-order valence-electron chi connectivity index (χ0n) is 8.82. The van der Waals surface area contributed by atoms with Crippen LogP contribution in [0.15, 0.2) is 12.1 Å². The van der Waals surface area contributed by atoms with Crippen LogP contribution < -0.4 is 4.74 Å². The first-order valence-corrected chi connectivity index (χ1v) is 4.59. The molecule has 1 rings (SSSR count). The van der Waals surface area contributed by atoms with Crippen molar-refractivity contribution in [2.75, 3.05) is 6.61 Å². The van der Waals surface area contributed by atoms with Crippen molar-refractivity contribution in [2.45, 2.75) is 13.8 Å². The summed E-state index contributed by atoms with van der Waals surface area (Å²) in [6, 6.07) is 2.06. The van der Waals surface area contributed by atoms with E-state index in [1.165, 1.54) is 6.92 Å². The lowest BCUT2D eigenvalue weighted by molar-refractivity contribution is -0.386. The van der Waals surface area contributed by atoms with E-state index in [1.807, 2.05) is 0 Å². The molecule has 0 unspecified atom stereocenters. The fraction of sp³-hybridized carbons (Fsp3) is 0.300. The molecule has 0 aliphatic carbocycles. The van der Waals surface area contributed by atoms with Gasteiger partial charge in [-0.1, -0.05) is 0 Å². The number of carbonyl (C=O) groups is 1. The quantitative estimate of drug-likeness (QED) is 0.449. The molecule has 0 aliphatic rings. The Morgan fingerprint density at radius 3 is 2.62 bits per heavy atom. The summed E-state index contributed by atoms with van der Waals surface area (Å²) in [6.07, 6.45) is 0. The van der Waals surface area contributed by atoms with Gasteiger partial charge in [-0.3, -0.25) is 14.9 Å². The summed E-state index contributed by atoms with van der Waals surface area (Å²) in [5, 5.41) is 10.8. The lowest BCUT2D eigenvalue weighted by Crippen LogP contribution is -2.06. The number of carbonyl (C=O) groups excluding carboxylic acids is 1. The van der Waals surface area contributed by atoms with Gasteiger partial charge in [0.25, 0.3) is 0 Å². The molecular weight excluding hydrogens is 217 g/mol. The summed E-state index contributed by atoms with van der Waals surface area (Å²) >= 11 is 0. The maximum absolute atomic E-state index is 13.3. The fourth-order valence-corrected chi connectivity index (χ4v) is 1.29. The Bertz CT molecular complexity index is 445. The van der Waals surface area contributed by atoms with Crippen LogP contribution in [-0.2, 0) is 0 Å². The Morgan fingerprint density at radius 1 is 1.56 bits per heavy atom. The Hall–Kier alpha value is -1.98. The number of ketones is 1. The Morgan fingerprint density at radius 2 is 2.19 bits per heavy atom. The predicted molar refractivity (Wildman–Crippen MR) is 54.2 cm³/mol. The highest BCUT2D eigenvalue weighted by Gasteiger charge is 2.27. The van der Waals surface area contributed by atoms with Gasteiger partial charge < -0.3 is 4.74 Å². The van der Waals surface area contributed by atoms with Crippen LogP contribution in [0.2, 0.25) is 0 Å². The van der Waals surface area contributed by atoms with Gasteiger partial charge in [0.1, 0.15) is 0 Å². The van der Waals surface area contributed by atoms with E-state index in [9.17, 15) is 19.3 Å². The minimum Gasteiger partial charge on any atom is -0.485 e. The van der Waals surface area contributed by atoms with Crippen LogP contribution in [0.4, 0.5) is 10.1 Å². The molecule has 1 aromatic rings. The molecule has 0 amide bonds. The second kappa shape index (κ2) is 4.69. The molecule has 0 saturated heterocycles. The number of halogens is 1. The van der Waals surface area contributed by atoms with Gasteiger partial charge in [0.15, 0.2) is 11.6 Å². The molecule has 0 heterocycles. The van der Waals surface area contributed by atoms with E-state index in [0.29, 0.717) is 0 Å². The summed E-state index contributed by atoms with van der Waals surface area (Å²) in [7, 11) is 0. The Kier molecular flexibility index (Phi) is 3.55. The van der Waals surface area contributed by atoms with E-state index < -0.39 is 28.0 Å². The highest BCUT2D eigenvalue weighted by atomic mass is 19.1. The van der Waals surface area contributed by atoms with E-state index in [4.69, 9.17) is 4.74 Å². The number of nitrogens with zero attached hydrogens (tertiary/aromatic N) is 1. The van der Waals surface area contributed by atoms with Crippen LogP contribution in [0.5, 0.6) is 5.75 Å². The van der Waals surface area contributed by atoms with E-state index in [1.54, 1.807) is 6.92 Å². The van der Waals surface area contributed by atoms with Gasteiger partial charge in [0, 0.05) is 0 Å². The van der Waals surface area contributed by atoms with Crippen molar-refractivity contribution < 1.29 is 18.8 Å². The summed E-state index contributed by atoms with van der Waals surface area (Å²) < 4.78 is 18.2. The molecule has 0 atom stereocenters. The maximum Gasteiger partial charge on any atom is 0.324 e. The molecule has 86 valence electrons. The van der Waals surface area contributed by atoms with Gasteiger partial charge in [-0.2, -0.15) is 0 Å². The van der Waals surface area contributed by atoms with E-state index >= 15 is 0 Å². The first-order valence-electron chi connectivity index (χ1n) is 4.59. The van der Waals surface area contributed by atoms with Crippen LogP contribution in [0.1, 0.15) is 24.2 Å². The lowest BCUT2D eigenvalue weighted by atomic mass is 10.1. The van der Waals surface area contributed by atoms with Crippen molar-refractivity contribution in [3.63, 3.8) is 0 Å². The summed E-state index contributed by atoms with van der Waals surface area (Å²) in [4.78, 5) is 21.1. The van der Waals surface area contributed by atoms with Crippen molar-refractivity contribution in [2.24, 2.45) is 0 Å². The largest absolute Gasteiger partial charge is 0.485 e. The van der Waals surface area contributed by atoms with Gasteiger partial charge in [-0.25, -0.2) is 4.39 Å². The van der Waals surface area contributed by atoms with Crippen molar-refractivity contribution in [1.29, 1.82) is 0 Å². The van der Waals surface area contributed by atoms with E-state index in [-0.39, 0.29) is 12.2 Å². The third-order valence-electron chi connectivity index (χ3n) is 1.93. The zero-order valence-corrected chi connectivity index (χ0v) is 8.82. The Balaban J connectivity index is 3.49. The first kappa shape index (κ1) is 12.1. The molecule has 0 aliphatic heterocycles. The average Bonchev–Trinajstić information content (AvgIpc) is 2.20. The van der Waals surface area contributed by atoms with Crippen LogP contribution >= 0.6 is 0 Å². The molecule has 0 aromatic heterocycles. The summed E-state index contributed by atoms with van der Waals surface area (Å²) in [6.45, 7) is 2.83. The van der Waals surface area contributed by atoms with Crippen molar-refractivity contribution in [3.05, 3.63) is 33.6 Å². The van der Waals surface area contributed by atoms with Gasteiger partial charge in [-0.15, -0.1) is 0 Å². The summed E-state index contributed by atoms with van der Waals surface area (Å²) in [5.41, 5.74) is -0.774. The standard InChI is InChI=1S/C10H10FNO4/c1-3-16-10-8(11)5-4-7(6(2)13)9(10)12(14)15/h4-5H,3H2,1-2H3. The third kappa shape index (κ3) is 2.16. The zero-order chi connectivity index (χ0) is 12.3. The number of ether oxygens (including phenoxy) is 1. The number of benzene rings is 1. The van der Waals surface area contributed by atoms with E-state index in [2.05, 4.69) is 0 Å². The second-order valence-corrected chi connectivity index (χ2v) is 3.02. The average molecular weight is 227 g/mol. The molecule has 0 N–H and O–H groups in total. The summed E-state index contributed by atoms with van der Waals surface area (Å²) in [5.74, 6) is -1.84. The number of hydrogen-bond acceptors (Lipinski definition) is 4. The molecule has 5 nitrogen and oxygen atoms in total. The van der Waals surface area contributed by atoms with Gasteiger partial charge in [0.05, 0.1) is 17.1 Å². The molecular formula is C10H10FNO4. The highest BCUT2D eigenvalue weighted by molar-refractivity contribution is 5.99. The van der Waals surface area contributed by atoms with Crippen LogP contribution in [0, 0.1) is 15.9 Å². The van der Waals surface area contributed by atoms with Gasteiger partial charge in [-0.05, 0) is 26.0 Å². The smallest absolute Gasteiger partial charge is 0.324 e. The first-order chi connectivity index (χ1) is 7.49. The fourth-order valence-electron chi connectivity index (χ4n) is 1.29. The van der Waals surface area contributed by atoms with Crippen LogP contribution in [0.25, 0.3) is 0 Å². The second-order valence-electron chi connectivity index (χ2n) is 3.02. The molecule has 0 fully saturated rings. The number of Topliss-reactive ketones (excluding diaryl/α,β-unsaturated/α-hetero) is 1. The highest BCUT2D eigenvalue weighted by Crippen LogP contribution is 2.33. The molecule has 16 heavy (non-hydrogen) atoms. The van der Waals surface area contributed by atoms with Crippen LogP contribution in [-0.4, -0.2) is 17.3 Å². The SMILES string of the molecule is CCOc1c(F)ccc(C(C)=O)c1[N+](=O)[O-]. The molecule has 0 radical (unpaired) electrons. The third-order valence-corrected chi connectivity index (χ3v) is 1.93. The molecule has 0 spiro atoms. The number of nitro groups is 1. The number of nitro benzene ring substituents is 1. The lowest BCUT2D eigenvalue weighted by Gasteiger charge is -2.07. The van der Waals surface area contributed by atoms with Crippen molar-refractivity contribution >= 4 is 11.5 Å². The molecule has 0 saturated carbocycles. The molecule has 6 heteroatoms. The van der Waals surface area contributed by atoms with E-state index in [0.717, 1.165) is 12.1 Å². The molecule has 1 aromatic carbocycles. The molecule has 0 bridgehead atoms. The van der Waals surface area contributed by atoms with Gasteiger partial charge >= 0.3 is 5.69 Å². The normalized spacial score (nSPS) is 9.94. The number of rotatable bonds is 4.